The summed E-state index contributed by atoms with van der Waals surface area (Å²) in [5.74, 6) is 0.616. The summed E-state index contributed by atoms with van der Waals surface area (Å²) in [5.41, 5.74) is 3.47. The van der Waals surface area contributed by atoms with Gasteiger partial charge in [-0.2, -0.15) is 10.2 Å². The van der Waals surface area contributed by atoms with Crippen molar-refractivity contribution in [1.82, 2.24) is 19.6 Å². The van der Waals surface area contributed by atoms with Crippen LogP contribution in [0.1, 0.15) is 32.0 Å². The number of rotatable bonds is 6. The predicted octanol–water partition coefficient (Wildman–Crippen LogP) is 2.68. The number of nitrogens with zero attached hydrogens (tertiary/aromatic N) is 4. The third-order valence-electron chi connectivity index (χ3n) is 3.12. The van der Waals surface area contributed by atoms with Crippen LogP contribution in [0.5, 0.6) is 0 Å². The van der Waals surface area contributed by atoms with Gasteiger partial charge in [0.25, 0.3) is 0 Å². The first-order chi connectivity index (χ1) is 9.10. The molecule has 2 rings (SSSR count). The second-order valence-electron chi connectivity index (χ2n) is 5.28. The number of hydrogen-bond donors (Lipinski definition) is 1. The molecule has 0 saturated carbocycles. The second kappa shape index (κ2) is 5.91. The number of aryl methyl sites for hydroxylation is 1. The smallest absolute Gasteiger partial charge is 0.0758 e. The summed E-state index contributed by atoms with van der Waals surface area (Å²) in [6, 6.07) is 0. The van der Waals surface area contributed by atoms with Crippen molar-refractivity contribution in [2.45, 2.75) is 47.3 Å². The van der Waals surface area contributed by atoms with Crippen LogP contribution in [0.2, 0.25) is 0 Å². The standard InChI is InChI=1S/C14H23N5/c1-5-19-12(4)14(8-17-19)15-6-13-7-16-18(10-13)9-11(2)3/h7-8,10-11,15H,5-6,9H2,1-4H3. The van der Waals surface area contributed by atoms with Gasteiger partial charge in [-0.25, -0.2) is 0 Å². The average molecular weight is 261 g/mol. The molecule has 2 heterocycles. The molecular formula is C14H23N5. The molecule has 5 heteroatoms. The van der Waals surface area contributed by atoms with Crippen LogP contribution >= 0.6 is 0 Å². The molecule has 1 N–H and O–H groups in total. The molecule has 5 nitrogen and oxygen atoms in total. The molecule has 104 valence electrons. The van der Waals surface area contributed by atoms with E-state index in [2.05, 4.69) is 49.4 Å². The summed E-state index contributed by atoms with van der Waals surface area (Å²) >= 11 is 0. The Morgan fingerprint density at radius 3 is 2.68 bits per heavy atom. The zero-order chi connectivity index (χ0) is 13.8. The van der Waals surface area contributed by atoms with E-state index in [1.54, 1.807) is 0 Å². The van der Waals surface area contributed by atoms with Gasteiger partial charge in [-0.05, 0) is 19.8 Å². The first kappa shape index (κ1) is 13.6. The Labute approximate surface area is 114 Å². The van der Waals surface area contributed by atoms with E-state index in [9.17, 15) is 0 Å². The number of aromatic nitrogens is 4. The fraction of sp³-hybridized carbons (Fsp3) is 0.571. The highest BCUT2D eigenvalue weighted by molar-refractivity contribution is 5.46. The van der Waals surface area contributed by atoms with E-state index in [0.29, 0.717) is 5.92 Å². The maximum atomic E-state index is 4.37. The Balaban J connectivity index is 1.94. The van der Waals surface area contributed by atoms with Crippen LogP contribution < -0.4 is 5.32 Å². The van der Waals surface area contributed by atoms with Gasteiger partial charge in [-0.3, -0.25) is 9.36 Å². The molecule has 0 bridgehead atoms. The van der Waals surface area contributed by atoms with Gasteiger partial charge in [0, 0.05) is 31.4 Å². The summed E-state index contributed by atoms with van der Waals surface area (Å²) in [6.07, 6.45) is 5.92. The highest BCUT2D eigenvalue weighted by atomic mass is 15.3. The zero-order valence-corrected chi connectivity index (χ0v) is 12.2. The molecule has 0 radical (unpaired) electrons. The van der Waals surface area contributed by atoms with Crippen LogP contribution in [0.15, 0.2) is 18.6 Å². The van der Waals surface area contributed by atoms with Gasteiger partial charge >= 0.3 is 0 Å². The molecule has 0 spiro atoms. The molecule has 2 aromatic rings. The zero-order valence-electron chi connectivity index (χ0n) is 12.2. The maximum Gasteiger partial charge on any atom is 0.0758 e. The van der Waals surface area contributed by atoms with Crippen molar-refractivity contribution in [2.75, 3.05) is 5.32 Å². The quantitative estimate of drug-likeness (QED) is 0.869. The third-order valence-corrected chi connectivity index (χ3v) is 3.12. The van der Waals surface area contributed by atoms with E-state index in [-0.39, 0.29) is 0 Å². The van der Waals surface area contributed by atoms with Crippen LogP contribution in [0.4, 0.5) is 5.69 Å². The van der Waals surface area contributed by atoms with E-state index in [1.807, 2.05) is 21.8 Å². The molecule has 0 aliphatic rings. The summed E-state index contributed by atoms with van der Waals surface area (Å²) in [6.45, 7) is 11.2. The fourth-order valence-corrected chi connectivity index (χ4v) is 2.11. The highest BCUT2D eigenvalue weighted by Gasteiger charge is 2.05. The van der Waals surface area contributed by atoms with Crippen LogP contribution in [0.3, 0.4) is 0 Å². The normalized spacial score (nSPS) is 11.2. The number of hydrogen-bond acceptors (Lipinski definition) is 3. The van der Waals surface area contributed by atoms with Crippen LogP contribution in [0, 0.1) is 12.8 Å². The van der Waals surface area contributed by atoms with E-state index in [1.165, 1.54) is 11.3 Å². The monoisotopic (exact) mass is 261 g/mol. The van der Waals surface area contributed by atoms with Gasteiger partial charge in [0.1, 0.15) is 0 Å². The van der Waals surface area contributed by atoms with E-state index in [4.69, 9.17) is 0 Å². The molecule has 0 unspecified atom stereocenters. The molecule has 0 amide bonds. The summed E-state index contributed by atoms with van der Waals surface area (Å²) in [7, 11) is 0. The fourth-order valence-electron chi connectivity index (χ4n) is 2.11. The topological polar surface area (TPSA) is 47.7 Å². The average Bonchev–Trinajstić information content (AvgIpc) is 2.93. The van der Waals surface area contributed by atoms with Crippen LogP contribution in [-0.4, -0.2) is 19.6 Å². The van der Waals surface area contributed by atoms with Crippen molar-refractivity contribution >= 4 is 5.69 Å². The van der Waals surface area contributed by atoms with Crippen LogP contribution in [-0.2, 0) is 19.6 Å². The van der Waals surface area contributed by atoms with Crippen molar-refractivity contribution in [1.29, 1.82) is 0 Å². The number of nitrogens with one attached hydrogen (secondary N) is 1. The van der Waals surface area contributed by atoms with E-state index in [0.717, 1.165) is 25.3 Å². The molecule has 0 atom stereocenters. The minimum atomic E-state index is 0.616. The lowest BCUT2D eigenvalue weighted by atomic mass is 10.2. The Kier molecular flexibility index (Phi) is 4.24. The molecule has 0 aliphatic carbocycles. The van der Waals surface area contributed by atoms with E-state index < -0.39 is 0 Å². The van der Waals surface area contributed by atoms with Gasteiger partial charge < -0.3 is 5.32 Å². The summed E-state index contributed by atoms with van der Waals surface area (Å²) in [5, 5.41) is 12.1. The van der Waals surface area contributed by atoms with Gasteiger partial charge in [-0.15, -0.1) is 0 Å². The molecule has 0 fully saturated rings. The van der Waals surface area contributed by atoms with Gasteiger partial charge in [0.15, 0.2) is 0 Å². The lowest BCUT2D eigenvalue weighted by molar-refractivity contribution is 0.483. The second-order valence-corrected chi connectivity index (χ2v) is 5.28. The largest absolute Gasteiger partial charge is 0.378 e. The van der Waals surface area contributed by atoms with Crippen LogP contribution in [0.25, 0.3) is 0 Å². The van der Waals surface area contributed by atoms with Crippen molar-refractivity contribution < 1.29 is 0 Å². The minimum Gasteiger partial charge on any atom is -0.378 e. The molecule has 19 heavy (non-hydrogen) atoms. The molecule has 0 saturated heterocycles. The molecule has 0 aliphatic heterocycles. The lowest BCUT2D eigenvalue weighted by Crippen LogP contribution is -2.04. The predicted molar refractivity (Wildman–Crippen MR) is 77.0 cm³/mol. The Bertz CT molecular complexity index is 524. The van der Waals surface area contributed by atoms with Gasteiger partial charge in [0.05, 0.1) is 23.8 Å². The first-order valence-electron chi connectivity index (χ1n) is 6.87. The summed E-state index contributed by atoms with van der Waals surface area (Å²) < 4.78 is 3.99. The Hall–Kier alpha value is -1.78. The molecule has 2 aromatic heterocycles. The Morgan fingerprint density at radius 2 is 2.05 bits per heavy atom. The lowest BCUT2D eigenvalue weighted by Gasteiger charge is -2.05. The SMILES string of the molecule is CCn1ncc(NCc2cnn(CC(C)C)c2)c1C. The first-order valence-corrected chi connectivity index (χ1v) is 6.87. The molecular weight excluding hydrogens is 238 g/mol. The Morgan fingerprint density at radius 1 is 1.26 bits per heavy atom. The number of anilines is 1. The minimum absolute atomic E-state index is 0.616. The highest BCUT2D eigenvalue weighted by Crippen LogP contribution is 2.14. The van der Waals surface area contributed by atoms with Crippen molar-refractivity contribution in [3.63, 3.8) is 0 Å². The maximum absolute atomic E-state index is 4.37. The van der Waals surface area contributed by atoms with Crippen molar-refractivity contribution in [3.8, 4) is 0 Å². The van der Waals surface area contributed by atoms with Crippen molar-refractivity contribution in [2.24, 2.45) is 5.92 Å². The van der Waals surface area contributed by atoms with Gasteiger partial charge in [-0.1, -0.05) is 13.8 Å². The van der Waals surface area contributed by atoms with Crippen molar-refractivity contribution in [3.05, 3.63) is 29.8 Å². The van der Waals surface area contributed by atoms with E-state index >= 15 is 0 Å². The van der Waals surface area contributed by atoms with Gasteiger partial charge in [0.2, 0.25) is 0 Å². The third kappa shape index (κ3) is 3.36. The summed E-state index contributed by atoms with van der Waals surface area (Å²) in [4.78, 5) is 0. The molecule has 0 aromatic carbocycles.